The van der Waals surface area contributed by atoms with Gasteiger partial charge in [-0.3, -0.25) is 4.79 Å². The highest BCUT2D eigenvalue weighted by Crippen LogP contribution is 2.41. The second-order valence-corrected chi connectivity index (χ2v) is 4.39. The van der Waals surface area contributed by atoms with E-state index in [-0.39, 0.29) is 17.1 Å². The number of alkyl halides is 2. The van der Waals surface area contributed by atoms with Gasteiger partial charge in [0.15, 0.2) is 17.3 Å². The monoisotopic (exact) mass is 253 g/mol. The number of hydrogen-bond acceptors (Lipinski definition) is 4. The highest BCUT2D eigenvalue weighted by atomic mass is 19.3. The normalized spacial score (nSPS) is 16.2. The molecule has 1 heterocycles. The maximum atomic E-state index is 12.8. The third-order valence-electron chi connectivity index (χ3n) is 2.51. The summed E-state index contributed by atoms with van der Waals surface area (Å²) in [6, 6.07) is 5.55. The van der Waals surface area contributed by atoms with Crippen LogP contribution in [-0.2, 0) is 0 Å². The SMILES string of the molecule is CC(C)(C#N)C(=O)c1ccc2c(c1)OC(F)(F)O2. The Balaban J connectivity index is 2.36. The van der Waals surface area contributed by atoms with E-state index >= 15 is 0 Å². The number of ether oxygens (including phenoxy) is 2. The van der Waals surface area contributed by atoms with E-state index in [1.54, 1.807) is 0 Å². The Labute approximate surface area is 102 Å². The van der Waals surface area contributed by atoms with Crippen LogP contribution in [0.2, 0.25) is 0 Å². The van der Waals surface area contributed by atoms with Gasteiger partial charge in [-0.2, -0.15) is 5.26 Å². The smallest absolute Gasteiger partial charge is 0.395 e. The van der Waals surface area contributed by atoms with E-state index in [9.17, 15) is 13.6 Å². The number of Topliss-reactive ketones (excluding diaryl/α,β-unsaturated/α-hetero) is 1. The molecule has 0 unspecified atom stereocenters. The molecule has 0 amide bonds. The van der Waals surface area contributed by atoms with Crippen molar-refractivity contribution in [2.24, 2.45) is 5.41 Å². The summed E-state index contributed by atoms with van der Waals surface area (Å²) < 4.78 is 34.0. The summed E-state index contributed by atoms with van der Waals surface area (Å²) in [4.78, 5) is 12.0. The lowest BCUT2D eigenvalue weighted by Gasteiger charge is -2.13. The Morgan fingerprint density at radius 1 is 1.33 bits per heavy atom. The summed E-state index contributed by atoms with van der Waals surface area (Å²) in [6.07, 6.45) is -3.71. The molecule has 0 aliphatic carbocycles. The molecule has 0 saturated heterocycles. The fourth-order valence-corrected chi connectivity index (χ4v) is 1.50. The fraction of sp³-hybridized carbons (Fsp3) is 0.333. The molecule has 1 aliphatic heterocycles. The molecular formula is C12H9F2NO3. The lowest BCUT2D eigenvalue weighted by Crippen LogP contribution is -2.26. The quantitative estimate of drug-likeness (QED) is 0.760. The third-order valence-corrected chi connectivity index (χ3v) is 2.51. The van der Waals surface area contributed by atoms with E-state index in [2.05, 4.69) is 9.47 Å². The zero-order chi connectivity index (χ0) is 13.6. The summed E-state index contributed by atoms with van der Waals surface area (Å²) in [6.45, 7) is 2.91. The Morgan fingerprint density at radius 3 is 2.56 bits per heavy atom. The number of halogens is 2. The van der Waals surface area contributed by atoms with E-state index in [4.69, 9.17) is 5.26 Å². The first-order valence-electron chi connectivity index (χ1n) is 5.11. The topological polar surface area (TPSA) is 59.3 Å². The highest BCUT2D eigenvalue weighted by Gasteiger charge is 2.44. The van der Waals surface area contributed by atoms with Gasteiger partial charge in [0.2, 0.25) is 0 Å². The van der Waals surface area contributed by atoms with Gasteiger partial charge < -0.3 is 9.47 Å². The zero-order valence-electron chi connectivity index (χ0n) is 9.66. The summed E-state index contributed by atoms with van der Waals surface area (Å²) in [7, 11) is 0. The molecule has 4 nitrogen and oxygen atoms in total. The molecule has 0 bridgehead atoms. The van der Waals surface area contributed by atoms with Gasteiger partial charge in [0.1, 0.15) is 5.41 Å². The maximum absolute atomic E-state index is 12.8. The minimum Gasteiger partial charge on any atom is -0.395 e. The standard InChI is InChI=1S/C12H9F2NO3/c1-11(2,6-15)10(16)7-3-4-8-9(5-7)18-12(13,14)17-8/h3-5H,1-2H3. The number of carbonyl (C=O) groups excluding carboxylic acids is 1. The van der Waals surface area contributed by atoms with Crippen LogP contribution in [0.3, 0.4) is 0 Å². The van der Waals surface area contributed by atoms with Crippen LogP contribution in [0.25, 0.3) is 0 Å². The van der Waals surface area contributed by atoms with Crippen molar-refractivity contribution in [3.8, 4) is 17.6 Å². The number of nitriles is 1. The van der Waals surface area contributed by atoms with Crippen LogP contribution in [0.5, 0.6) is 11.5 Å². The molecular weight excluding hydrogens is 244 g/mol. The van der Waals surface area contributed by atoms with Crippen molar-refractivity contribution in [1.29, 1.82) is 5.26 Å². The van der Waals surface area contributed by atoms with Crippen LogP contribution >= 0.6 is 0 Å². The molecule has 6 heteroatoms. The van der Waals surface area contributed by atoms with Gasteiger partial charge >= 0.3 is 6.29 Å². The molecule has 0 radical (unpaired) electrons. The second-order valence-electron chi connectivity index (χ2n) is 4.39. The summed E-state index contributed by atoms with van der Waals surface area (Å²) in [5, 5.41) is 8.86. The van der Waals surface area contributed by atoms with Gasteiger partial charge in [0, 0.05) is 5.56 Å². The van der Waals surface area contributed by atoms with Crippen LogP contribution in [0.1, 0.15) is 24.2 Å². The first-order valence-corrected chi connectivity index (χ1v) is 5.11. The van der Waals surface area contributed by atoms with Crippen LogP contribution in [0.15, 0.2) is 18.2 Å². The van der Waals surface area contributed by atoms with Crippen molar-refractivity contribution < 1.29 is 23.0 Å². The fourth-order valence-electron chi connectivity index (χ4n) is 1.50. The van der Waals surface area contributed by atoms with E-state index in [0.717, 1.165) is 6.07 Å². The minimum atomic E-state index is -3.71. The summed E-state index contributed by atoms with van der Waals surface area (Å²) in [5.74, 6) is -0.808. The molecule has 0 atom stereocenters. The molecule has 18 heavy (non-hydrogen) atoms. The largest absolute Gasteiger partial charge is 0.586 e. The van der Waals surface area contributed by atoms with Gasteiger partial charge in [-0.1, -0.05) is 0 Å². The third kappa shape index (κ3) is 1.99. The van der Waals surface area contributed by atoms with E-state index in [0.29, 0.717) is 0 Å². The summed E-state index contributed by atoms with van der Waals surface area (Å²) >= 11 is 0. The Kier molecular flexibility index (Phi) is 2.51. The van der Waals surface area contributed by atoms with E-state index in [1.807, 2.05) is 6.07 Å². The van der Waals surface area contributed by atoms with Crippen molar-refractivity contribution in [1.82, 2.24) is 0 Å². The molecule has 94 valence electrons. The van der Waals surface area contributed by atoms with Crippen molar-refractivity contribution >= 4 is 5.78 Å². The van der Waals surface area contributed by atoms with E-state index < -0.39 is 17.5 Å². The van der Waals surface area contributed by atoms with Crippen LogP contribution < -0.4 is 9.47 Å². The number of benzene rings is 1. The summed E-state index contributed by atoms with van der Waals surface area (Å²) in [5.41, 5.74) is -1.10. The molecule has 2 rings (SSSR count). The van der Waals surface area contributed by atoms with Crippen molar-refractivity contribution in [2.75, 3.05) is 0 Å². The molecule has 0 saturated carbocycles. The van der Waals surface area contributed by atoms with Gasteiger partial charge in [0.05, 0.1) is 6.07 Å². The van der Waals surface area contributed by atoms with Crippen molar-refractivity contribution in [3.63, 3.8) is 0 Å². The van der Waals surface area contributed by atoms with Gasteiger partial charge in [0.25, 0.3) is 0 Å². The predicted molar refractivity (Wildman–Crippen MR) is 56.4 cm³/mol. The Hall–Kier alpha value is -2.16. The van der Waals surface area contributed by atoms with Crippen molar-refractivity contribution in [3.05, 3.63) is 23.8 Å². The molecule has 0 fully saturated rings. The lowest BCUT2D eigenvalue weighted by atomic mass is 9.86. The number of rotatable bonds is 2. The Morgan fingerprint density at radius 2 is 1.94 bits per heavy atom. The van der Waals surface area contributed by atoms with Crippen LogP contribution in [-0.4, -0.2) is 12.1 Å². The zero-order valence-corrected chi connectivity index (χ0v) is 9.66. The van der Waals surface area contributed by atoms with Crippen LogP contribution in [0, 0.1) is 16.7 Å². The average Bonchev–Trinajstić information content (AvgIpc) is 2.60. The van der Waals surface area contributed by atoms with Crippen LogP contribution in [0.4, 0.5) is 8.78 Å². The number of nitrogens with zero attached hydrogens (tertiary/aromatic N) is 1. The molecule has 1 aromatic rings. The number of carbonyl (C=O) groups is 1. The molecule has 1 aliphatic rings. The van der Waals surface area contributed by atoms with Gasteiger partial charge in [-0.15, -0.1) is 8.78 Å². The highest BCUT2D eigenvalue weighted by molar-refractivity contribution is 6.02. The van der Waals surface area contributed by atoms with Gasteiger partial charge in [-0.05, 0) is 32.0 Å². The number of ketones is 1. The Bertz CT molecular complexity index is 561. The minimum absolute atomic E-state index is 0.126. The first-order chi connectivity index (χ1) is 8.25. The number of fused-ring (bicyclic) bond motifs is 1. The molecule has 0 aromatic heterocycles. The molecule has 0 N–H and O–H groups in total. The van der Waals surface area contributed by atoms with Gasteiger partial charge in [-0.25, -0.2) is 0 Å². The second kappa shape index (κ2) is 3.67. The number of hydrogen-bond donors (Lipinski definition) is 0. The van der Waals surface area contributed by atoms with Crippen molar-refractivity contribution in [2.45, 2.75) is 20.1 Å². The maximum Gasteiger partial charge on any atom is 0.586 e. The predicted octanol–water partition coefficient (Wildman–Crippen LogP) is 2.74. The van der Waals surface area contributed by atoms with E-state index in [1.165, 1.54) is 26.0 Å². The molecule has 1 aromatic carbocycles. The first kappa shape index (κ1) is 12.3. The average molecular weight is 253 g/mol. The molecule has 0 spiro atoms. The lowest BCUT2D eigenvalue weighted by molar-refractivity contribution is -0.286.